The SMILES string of the molecule is CC(C)CCC(C)NCCN(CCN)C(C)CCC(C)C. The van der Waals surface area contributed by atoms with E-state index in [1.165, 1.54) is 25.7 Å². The van der Waals surface area contributed by atoms with E-state index in [4.69, 9.17) is 5.73 Å². The smallest absolute Gasteiger partial charge is 0.0110 e. The highest BCUT2D eigenvalue weighted by atomic mass is 15.2. The quantitative estimate of drug-likeness (QED) is 0.547. The molecule has 0 aromatic heterocycles. The third-order valence-corrected chi connectivity index (χ3v) is 4.27. The lowest BCUT2D eigenvalue weighted by molar-refractivity contribution is 0.196. The first kappa shape index (κ1) is 20.9. The Morgan fingerprint density at radius 2 is 1.38 bits per heavy atom. The summed E-state index contributed by atoms with van der Waals surface area (Å²) in [5.74, 6) is 1.60. The molecule has 0 rings (SSSR count). The van der Waals surface area contributed by atoms with Crippen LogP contribution in [0.4, 0.5) is 0 Å². The minimum absolute atomic E-state index is 0.623. The highest BCUT2D eigenvalue weighted by Gasteiger charge is 2.13. The fraction of sp³-hybridized carbons (Fsp3) is 1.00. The van der Waals surface area contributed by atoms with Crippen LogP contribution in [0.5, 0.6) is 0 Å². The molecule has 2 unspecified atom stereocenters. The van der Waals surface area contributed by atoms with E-state index in [9.17, 15) is 0 Å². The van der Waals surface area contributed by atoms with Crippen molar-refractivity contribution in [2.24, 2.45) is 17.6 Å². The van der Waals surface area contributed by atoms with Gasteiger partial charge in [0.05, 0.1) is 0 Å². The highest BCUT2D eigenvalue weighted by Crippen LogP contribution is 2.11. The van der Waals surface area contributed by atoms with Gasteiger partial charge in [-0.25, -0.2) is 0 Å². The summed E-state index contributed by atoms with van der Waals surface area (Å²) in [5, 5.41) is 3.66. The summed E-state index contributed by atoms with van der Waals surface area (Å²) < 4.78 is 0. The number of nitrogens with two attached hydrogens (primary N) is 1. The van der Waals surface area contributed by atoms with Gasteiger partial charge in [0, 0.05) is 38.3 Å². The first-order valence-corrected chi connectivity index (χ1v) is 9.04. The van der Waals surface area contributed by atoms with Crippen LogP contribution in [-0.4, -0.2) is 43.2 Å². The first-order valence-electron chi connectivity index (χ1n) is 9.04. The van der Waals surface area contributed by atoms with E-state index in [1.807, 2.05) is 0 Å². The molecule has 0 amide bonds. The molecule has 2 atom stereocenters. The molecule has 3 nitrogen and oxygen atoms in total. The predicted molar refractivity (Wildman–Crippen MR) is 95.7 cm³/mol. The maximum absolute atomic E-state index is 5.77. The number of rotatable bonds is 13. The molecule has 0 saturated heterocycles. The summed E-state index contributed by atoms with van der Waals surface area (Å²) in [6, 6.07) is 1.27. The third-order valence-electron chi connectivity index (χ3n) is 4.27. The molecular weight excluding hydrogens is 258 g/mol. The van der Waals surface area contributed by atoms with E-state index >= 15 is 0 Å². The minimum Gasteiger partial charge on any atom is -0.329 e. The van der Waals surface area contributed by atoms with Gasteiger partial charge >= 0.3 is 0 Å². The van der Waals surface area contributed by atoms with Crippen LogP contribution in [0.3, 0.4) is 0 Å². The summed E-state index contributed by atoms with van der Waals surface area (Å²) >= 11 is 0. The molecule has 0 aliphatic rings. The van der Waals surface area contributed by atoms with Crippen LogP contribution < -0.4 is 11.1 Å². The van der Waals surface area contributed by atoms with Crippen molar-refractivity contribution in [2.45, 2.75) is 79.3 Å². The van der Waals surface area contributed by atoms with Gasteiger partial charge in [-0.2, -0.15) is 0 Å². The first-order chi connectivity index (χ1) is 9.86. The largest absolute Gasteiger partial charge is 0.329 e. The Labute approximate surface area is 134 Å². The van der Waals surface area contributed by atoms with E-state index < -0.39 is 0 Å². The average molecular weight is 300 g/mol. The Balaban J connectivity index is 3.97. The molecule has 0 spiro atoms. The summed E-state index contributed by atoms with van der Waals surface area (Å²) in [6.07, 6.45) is 5.17. The lowest BCUT2D eigenvalue weighted by Gasteiger charge is -2.30. The molecule has 128 valence electrons. The number of nitrogens with zero attached hydrogens (tertiary/aromatic N) is 1. The molecule has 0 bridgehead atoms. The summed E-state index contributed by atoms with van der Waals surface area (Å²) in [6.45, 7) is 17.8. The van der Waals surface area contributed by atoms with Crippen LogP contribution in [0.15, 0.2) is 0 Å². The molecule has 0 aromatic rings. The lowest BCUT2D eigenvalue weighted by atomic mass is 10.0. The summed E-state index contributed by atoms with van der Waals surface area (Å²) in [7, 11) is 0. The average Bonchev–Trinajstić information content (AvgIpc) is 2.41. The number of hydrogen-bond acceptors (Lipinski definition) is 3. The van der Waals surface area contributed by atoms with Crippen LogP contribution in [0.1, 0.15) is 67.2 Å². The van der Waals surface area contributed by atoms with Gasteiger partial charge in [-0.15, -0.1) is 0 Å². The predicted octanol–water partition coefficient (Wildman–Crippen LogP) is 3.49. The van der Waals surface area contributed by atoms with E-state index in [0.717, 1.165) is 38.0 Å². The molecule has 21 heavy (non-hydrogen) atoms. The van der Waals surface area contributed by atoms with Crippen molar-refractivity contribution in [3.63, 3.8) is 0 Å². The van der Waals surface area contributed by atoms with Crippen molar-refractivity contribution >= 4 is 0 Å². The van der Waals surface area contributed by atoms with Gasteiger partial charge < -0.3 is 11.1 Å². The standard InChI is InChI=1S/C18H41N3/c1-15(2)7-9-17(5)20-12-14-21(13-11-19)18(6)10-8-16(3)4/h15-18,20H,7-14,19H2,1-6H3. The Kier molecular flexibility index (Phi) is 12.4. The third kappa shape index (κ3) is 12.1. The van der Waals surface area contributed by atoms with Crippen molar-refractivity contribution in [2.75, 3.05) is 26.2 Å². The second kappa shape index (κ2) is 12.4. The van der Waals surface area contributed by atoms with Gasteiger partial charge in [-0.3, -0.25) is 4.90 Å². The van der Waals surface area contributed by atoms with Crippen LogP contribution in [0.25, 0.3) is 0 Å². The van der Waals surface area contributed by atoms with Crippen LogP contribution >= 0.6 is 0 Å². The highest BCUT2D eigenvalue weighted by molar-refractivity contribution is 4.71. The van der Waals surface area contributed by atoms with Gasteiger partial charge in [0.1, 0.15) is 0 Å². The molecule has 0 heterocycles. The molecule has 0 saturated carbocycles. The van der Waals surface area contributed by atoms with Crippen molar-refractivity contribution in [1.82, 2.24) is 10.2 Å². The van der Waals surface area contributed by atoms with Crippen LogP contribution in [0, 0.1) is 11.8 Å². The normalized spacial score (nSPS) is 15.1. The van der Waals surface area contributed by atoms with Gasteiger partial charge in [-0.05, 0) is 51.4 Å². The maximum atomic E-state index is 5.77. The maximum Gasteiger partial charge on any atom is 0.0110 e. The molecule has 0 aromatic carbocycles. The molecule has 0 aliphatic heterocycles. The molecule has 3 N–H and O–H groups in total. The minimum atomic E-state index is 0.623. The second-order valence-corrected chi connectivity index (χ2v) is 7.47. The van der Waals surface area contributed by atoms with Gasteiger partial charge in [0.15, 0.2) is 0 Å². The molecular formula is C18H41N3. The van der Waals surface area contributed by atoms with Crippen LogP contribution in [0.2, 0.25) is 0 Å². The molecule has 0 aliphatic carbocycles. The van der Waals surface area contributed by atoms with E-state index in [0.29, 0.717) is 12.1 Å². The lowest BCUT2D eigenvalue weighted by Crippen LogP contribution is -2.42. The molecule has 0 radical (unpaired) electrons. The van der Waals surface area contributed by atoms with E-state index in [1.54, 1.807) is 0 Å². The Morgan fingerprint density at radius 3 is 1.90 bits per heavy atom. The second-order valence-electron chi connectivity index (χ2n) is 7.47. The van der Waals surface area contributed by atoms with Gasteiger partial charge in [0.2, 0.25) is 0 Å². The van der Waals surface area contributed by atoms with E-state index in [2.05, 4.69) is 51.8 Å². The zero-order valence-corrected chi connectivity index (χ0v) is 15.5. The monoisotopic (exact) mass is 299 g/mol. The van der Waals surface area contributed by atoms with E-state index in [-0.39, 0.29) is 0 Å². The van der Waals surface area contributed by atoms with Crippen molar-refractivity contribution < 1.29 is 0 Å². The topological polar surface area (TPSA) is 41.3 Å². The fourth-order valence-corrected chi connectivity index (χ4v) is 2.62. The summed E-state index contributed by atoms with van der Waals surface area (Å²) in [5.41, 5.74) is 5.77. The van der Waals surface area contributed by atoms with Gasteiger partial charge in [-0.1, -0.05) is 27.7 Å². The zero-order valence-electron chi connectivity index (χ0n) is 15.5. The van der Waals surface area contributed by atoms with Gasteiger partial charge in [0.25, 0.3) is 0 Å². The molecule has 3 heteroatoms. The van der Waals surface area contributed by atoms with Crippen molar-refractivity contribution in [3.8, 4) is 0 Å². The Bertz CT molecular complexity index is 229. The number of hydrogen-bond donors (Lipinski definition) is 2. The number of nitrogens with one attached hydrogen (secondary N) is 1. The fourth-order valence-electron chi connectivity index (χ4n) is 2.62. The molecule has 0 fully saturated rings. The Hall–Kier alpha value is -0.120. The van der Waals surface area contributed by atoms with Crippen molar-refractivity contribution in [3.05, 3.63) is 0 Å². The zero-order chi connectivity index (χ0) is 16.3. The van der Waals surface area contributed by atoms with Crippen molar-refractivity contribution in [1.29, 1.82) is 0 Å². The Morgan fingerprint density at radius 1 is 0.810 bits per heavy atom. The summed E-state index contributed by atoms with van der Waals surface area (Å²) in [4.78, 5) is 2.55. The van der Waals surface area contributed by atoms with Crippen LogP contribution in [-0.2, 0) is 0 Å².